The van der Waals surface area contributed by atoms with Gasteiger partial charge in [0.15, 0.2) is 0 Å². The molecular weight excluding hydrogens is 376 g/mol. The Hall–Kier alpha value is -3.42. The fraction of sp³-hybridized carbons (Fsp3) is 0.333. The van der Waals surface area contributed by atoms with Crippen LogP contribution in [0, 0.1) is 16.0 Å². The third-order valence-corrected chi connectivity index (χ3v) is 5.02. The number of rotatable bonds is 5. The number of anilines is 1. The molecule has 1 aliphatic heterocycles. The summed E-state index contributed by atoms with van der Waals surface area (Å²) in [7, 11) is 1.28. The van der Waals surface area contributed by atoms with Crippen LogP contribution in [0.5, 0.6) is 5.75 Å². The van der Waals surface area contributed by atoms with Crippen molar-refractivity contribution in [1.82, 2.24) is 0 Å². The van der Waals surface area contributed by atoms with Crippen LogP contribution in [0.25, 0.3) is 0 Å². The Morgan fingerprint density at radius 1 is 1.03 bits per heavy atom. The van der Waals surface area contributed by atoms with Gasteiger partial charge in [0.25, 0.3) is 5.69 Å². The lowest BCUT2D eigenvalue weighted by molar-refractivity contribution is -0.384. The minimum absolute atomic E-state index is 0.0860. The zero-order valence-corrected chi connectivity index (χ0v) is 16.3. The van der Waals surface area contributed by atoms with Gasteiger partial charge in [-0.15, -0.1) is 0 Å². The number of benzene rings is 2. The first-order valence-corrected chi connectivity index (χ1v) is 9.33. The van der Waals surface area contributed by atoms with Crippen molar-refractivity contribution in [1.29, 1.82) is 0 Å². The fourth-order valence-electron chi connectivity index (χ4n) is 3.26. The summed E-state index contributed by atoms with van der Waals surface area (Å²) in [5.41, 5.74) is 0.807. The maximum atomic E-state index is 12.4. The van der Waals surface area contributed by atoms with E-state index in [9.17, 15) is 19.7 Å². The molecule has 1 aliphatic rings. The van der Waals surface area contributed by atoms with Gasteiger partial charge in [-0.1, -0.05) is 6.92 Å². The van der Waals surface area contributed by atoms with Crippen molar-refractivity contribution in [2.45, 2.75) is 19.8 Å². The van der Waals surface area contributed by atoms with E-state index < -0.39 is 16.9 Å². The summed E-state index contributed by atoms with van der Waals surface area (Å²) in [6, 6.07) is 10.2. The monoisotopic (exact) mass is 398 g/mol. The summed E-state index contributed by atoms with van der Waals surface area (Å²) in [6.07, 6.45) is 1.95. The summed E-state index contributed by atoms with van der Waals surface area (Å²) < 4.78 is 9.89. The van der Waals surface area contributed by atoms with Gasteiger partial charge in [-0.3, -0.25) is 10.1 Å². The number of esters is 2. The van der Waals surface area contributed by atoms with E-state index in [2.05, 4.69) is 11.7 Å². The molecule has 2 aromatic rings. The van der Waals surface area contributed by atoms with Crippen molar-refractivity contribution >= 4 is 23.3 Å². The second-order valence-corrected chi connectivity index (χ2v) is 7.04. The van der Waals surface area contributed by atoms with E-state index >= 15 is 0 Å². The quantitative estimate of drug-likeness (QED) is 0.326. The predicted octanol–water partition coefficient (Wildman–Crippen LogP) is 3.84. The molecule has 29 heavy (non-hydrogen) atoms. The van der Waals surface area contributed by atoms with Crippen molar-refractivity contribution in [3.8, 4) is 5.75 Å². The van der Waals surface area contributed by atoms with Crippen molar-refractivity contribution in [2.75, 3.05) is 25.1 Å². The first-order valence-electron chi connectivity index (χ1n) is 9.33. The van der Waals surface area contributed by atoms with Gasteiger partial charge in [0.05, 0.1) is 23.2 Å². The fourth-order valence-corrected chi connectivity index (χ4v) is 3.26. The molecule has 0 aliphatic carbocycles. The number of methoxy groups -OCH3 is 1. The van der Waals surface area contributed by atoms with E-state index in [4.69, 9.17) is 4.74 Å². The van der Waals surface area contributed by atoms with Crippen LogP contribution in [0.4, 0.5) is 11.4 Å². The zero-order valence-electron chi connectivity index (χ0n) is 16.3. The number of nitro groups is 1. The van der Waals surface area contributed by atoms with Crippen molar-refractivity contribution < 1.29 is 24.0 Å². The molecule has 0 unspecified atom stereocenters. The molecule has 2 aromatic carbocycles. The number of ether oxygens (including phenoxy) is 2. The Labute approximate surface area is 168 Å². The molecule has 0 amide bonds. The molecule has 3 rings (SSSR count). The second-order valence-electron chi connectivity index (χ2n) is 7.04. The molecule has 0 N–H and O–H groups in total. The number of carbonyl (C=O) groups is 2. The highest BCUT2D eigenvalue weighted by Crippen LogP contribution is 2.32. The highest BCUT2D eigenvalue weighted by atomic mass is 16.6. The summed E-state index contributed by atoms with van der Waals surface area (Å²) >= 11 is 0. The van der Waals surface area contributed by atoms with Gasteiger partial charge in [-0.25, -0.2) is 9.59 Å². The van der Waals surface area contributed by atoms with Crippen LogP contribution in [-0.2, 0) is 4.74 Å². The smallest absolute Gasteiger partial charge is 0.343 e. The van der Waals surface area contributed by atoms with E-state index in [1.165, 1.54) is 43.5 Å². The van der Waals surface area contributed by atoms with E-state index in [1.807, 2.05) is 4.90 Å². The third-order valence-electron chi connectivity index (χ3n) is 5.02. The Balaban J connectivity index is 1.78. The van der Waals surface area contributed by atoms with Gasteiger partial charge in [-0.2, -0.15) is 0 Å². The van der Waals surface area contributed by atoms with Gasteiger partial charge in [0.1, 0.15) is 11.4 Å². The van der Waals surface area contributed by atoms with Gasteiger partial charge >= 0.3 is 11.9 Å². The molecule has 0 saturated carbocycles. The summed E-state index contributed by atoms with van der Waals surface area (Å²) in [4.78, 5) is 37.0. The predicted molar refractivity (Wildman–Crippen MR) is 106 cm³/mol. The average Bonchev–Trinajstić information content (AvgIpc) is 2.73. The van der Waals surface area contributed by atoms with Crippen LogP contribution in [0.15, 0.2) is 42.5 Å². The van der Waals surface area contributed by atoms with Gasteiger partial charge < -0.3 is 14.4 Å². The molecule has 0 aromatic heterocycles. The molecule has 0 spiro atoms. The molecule has 8 nitrogen and oxygen atoms in total. The summed E-state index contributed by atoms with van der Waals surface area (Å²) in [5.74, 6) is -0.386. The second kappa shape index (κ2) is 8.72. The van der Waals surface area contributed by atoms with Gasteiger partial charge in [0.2, 0.25) is 0 Å². The van der Waals surface area contributed by atoms with Crippen LogP contribution in [0.3, 0.4) is 0 Å². The Bertz CT molecular complexity index is 917. The molecule has 8 heteroatoms. The van der Waals surface area contributed by atoms with Crippen LogP contribution in [0.2, 0.25) is 0 Å². The Morgan fingerprint density at radius 2 is 1.66 bits per heavy atom. The summed E-state index contributed by atoms with van der Waals surface area (Å²) in [6.45, 7) is 3.67. The lowest BCUT2D eigenvalue weighted by Crippen LogP contribution is -2.33. The van der Waals surface area contributed by atoms with Crippen LogP contribution < -0.4 is 9.64 Å². The lowest BCUT2D eigenvalue weighted by Gasteiger charge is -2.31. The van der Waals surface area contributed by atoms with Crippen LogP contribution in [-0.4, -0.2) is 37.1 Å². The first kappa shape index (κ1) is 20.3. The first-order chi connectivity index (χ1) is 13.9. The highest BCUT2D eigenvalue weighted by molar-refractivity contribution is 5.93. The average molecular weight is 398 g/mol. The maximum Gasteiger partial charge on any atom is 0.343 e. The van der Waals surface area contributed by atoms with Crippen molar-refractivity contribution in [2.24, 2.45) is 5.92 Å². The normalized spacial score (nSPS) is 14.3. The standard InChI is InChI=1S/C21H22N2O6/c1-14-9-11-22(12-10-14)18-8-5-16(13-19(18)23(26)27)21(25)29-17-6-3-15(4-7-17)20(24)28-2/h3-8,13-14H,9-12H2,1-2H3. The molecule has 1 saturated heterocycles. The zero-order chi connectivity index (χ0) is 21.0. The van der Waals surface area contributed by atoms with Crippen molar-refractivity contribution in [3.05, 3.63) is 63.7 Å². The van der Waals surface area contributed by atoms with E-state index in [1.54, 1.807) is 6.07 Å². The summed E-state index contributed by atoms with van der Waals surface area (Å²) in [5, 5.41) is 11.6. The number of nitro benzene ring substituents is 1. The van der Waals surface area contributed by atoms with E-state index in [0.29, 0.717) is 17.2 Å². The molecule has 0 atom stereocenters. The van der Waals surface area contributed by atoms with Crippen LogP contribution >= 0.6 is 0 Å². The number of hydrogen-bond acceptors (Lipinski definition) is 7. The number of hydrogen-bond donors (Lipinski definition) is 0. The van der Waals surface area contributed by atoms with Crippen LogP contribution in [0.1, 0.15) is 40.5 Å². The SMILES string of the molecule is COC(=O)c1ccc(OC(=O)c2ccc(N3CCC(C)CC3)c([N+](=O)[O-])c2)cc1. The largest absolute Gasteiger partial charge is 0.465 e. The van der Waals surface area contributed by atoms with Gasteiger partial charge in [-0.05, 0) is 55.2 Å². The highest BCUT2D eigenvalue weighted by Gasteiger charge is 2.25. The minimum Gasteiger partial charge on any atom is -0.465 e. The Kier molecular flexibility index (Phi) is 6.11. The molecular formula is C21H22N2O6. The van der Waals surface area contributed by atoms with Gasteiger partial charge in [0, 0.05) is 19.2 Å². The van der Waals surface area contributed by atoms with E-state index in [0.717, 1.165) is 25.9 Å². The number of nitrogens with zero attached hydrogens (tertiary/aromatic N) is 2. The number of carbonyl (C=O) groups excluding carboxylic acids is 2. The molecule has 0 bridgehead atoms. The van der Waals surface area contributed by atoms with Crippen molar-refractivity contribution in [3.63, 3.8) is 0 Å². The molecule has 1 heterocycles. The third kappa shape index (κ3) is 4.71. The van der Waals surface area contributed by atoms with E-state index in [-0.39, 0.29) is 17.0 Å². The topological polar surface area (TPSA) is 99.0 Å². The molecule has 152 valence electrons. The molecule has 1 fully saturated rings. The number of piperidine rings is 1. The minimum atomic E-state index is -0.710. The Morgan fingerprint density at radius 3 is 2.24 bits per heavy atom. The maximum absolute atomic E-state index is 12.4. The molecule has 0 radical (unpaired) electrons. The lowest BCUT2D eigenvalue weighted by atomic mass is 9.98.